The highest BCUT2D eigenvalue weighted by atomic mass is 16.4. The molecule has 2 atom stereocenters. The molecule has 0 radical (unpaired) electrons. The van der Waals surface area contributed by atoms with Crippen LogP contribution in [0.25, 0.3) is 0 Å². The van der Waals surface area contributed by atoms with Crippen LogP contribution in [0.1, 0.15) is 11.1 Å². The zero-order valence-electron chi connectivity index (χ0n) is 13.1. The van der Waals surface area contributed by atoms with E-state index in [-0.39, 0.29) is 12.8 Å². The normalized spacial score (nSPS) is 13.4. The maximum atomic E-state index is 11.6. The summed E-state index contributed by atoms with van der Waals surface area (Å²) >= 11 is 0. The Balaban J connectivity index is 2.19. The SMILES string of the molecule is O=C(O)[C@H](Cc1ccccc1)C(O)[C@@H](Cc1ccccc1)C(=O)O. The van der Waals surface area contributed by atoms with Gasteiger partial charge in [0.05, 0.1) is 17.9 Å². The highest BCUT2D eigenvalue weighted by Crippen LogP contribution is 2.23. The first kappa shape index (κ1) is 17.7. The Morgan fingerprint density at radius 1 is 0.708 bits per heavy atom. The fourth-order valence-electron chi connectivity index (χ4n) is 2.72. The first-order valence-corrected chi connectivity index (χ1v) is 7.70. The molecule has 2 rings (SSSR count). The molecule has 0 fully saturated rings. The standard InChI is InChI=1S/C19H20O5/c20-17(15(18(21)22)11-13-7-3-1-4-8-13)16(19(23)24)12-14-9-5-2-6-10-14/h1-10,15-17,20H,11-12H2,(H,21,22)(H,23,24)/t15-,16-/m1/s1. The first-order valence-electron chi connectivity index (χ1n) is 7.70. The molecular weight excluding hydrogens is 308 g/mol. The van der Waals surface area contributed by atoms with Crippen molar-refractivity contribution in [2.75, 3.05) is 0 Å². The third kappa shape index (κ3) is 4.67. The van der Waals surface area contributed by atoms with Crippen molar-refractivity contribution in [2.24, 2.45) is 11.8 Å². The molecule has 0 aliphatic rings. The Kier molecular flexibility index (Phi) is 6.09. The maximum absolute atomic E-state index is 11.6. The fraction of sp³-hybridized carbons (Fsp3) is 0.263. The first-order chi connectivity index (χ1) is 11.5. The predicted octanol–water partition coefficient (Wildman–Crippen LogP) is 2.23. The van der Waals surface area contributed by atoms with Gasteiger partial charge in [-0.15, -0.1) is 0 Å². The molecule has 0 aliphatic carbocycles. The minimum absolute atomic E-state index is 0.0793. The molecule has 0 unspecified atom stereocenters. The average molecular weight is 328 g/mol. The number of hydrogen-bond donors (Lipinski definition) is 3. The molecule has 0 aliphatic heterocycles. The number of aliphatic carboxylic acids is 2. The van der Waals surface area contributed by atoms with Crippen LogP contribution in [0.2, 0.25) is 0 Å². The van der Waals surface area contributed by atoms with E-state index in [1.54, 1.807) is 48.5 Å². The molecule has 24 heavy (non-hydrogen) atoms. The molecule has 0 saturated carbocycles. The van der Waals surface area contributed by atoms with E-state index in [0.29, 0.717) is 0 Å². The number of benzene rings is 2. The second-order valence-electron chi connectivity index (χ2n) is 5.76. The van der Waals surface area contributed by atoms with E-state index >= 15 is 0 Å². The number of rotatable bonds is 8. The van der Waals surface area contributed by atoms with Crippen LogP contribution in [0, 0.1) is 11.8 Å². The largest absolute Gasteiger partial charge is 0.481 e. The van der Waals surface area contributed by atoms with Crippen LogP contribution in [0.5, 0.6) is 0 Å². The lowest BCUT2D eigenvalue weighted by molar-refractivity contribution is -0.153. The van der Waals surface area contributed by atoms with Crippen molar-refractivity contribution >= 4 is 11.9 Å². The molecule has 0 aromatic heterocycles. The van der Waals surface area contributed by atoms with Crippen molar-refractivity contribution < 1.29 is 24.9 Å². The van der Waals surface area contributed by atoms with Crippen molar-refractivity contribution in [1.82, 2.24) is 0 Å². The molecule has 5 heteroatoms. The molecule has 126 valence electrons. The Morgan fingerprint density at radius 3 is 1.33 bits per heavy atom. The fourth-order valence-corrected chi connectivity index (χ4v) is 2.72. The van der Waals surface area contributed by atoms with E-state index in [9.17, 15) is 24.9 Å². The van der Waals surface area contributed by atoms with Crippen LogP contribution >= 0.6 is 0 Å². The smallest absolute Gasteiger partial charge is 0.309 e. The topological polar surface area (TPSA) is 94.8 Å². The van der Waals surface area contributed by atoms with Gasteiger partial charge >= 0.3 is 11.9 Å². The third-order valence-electron chi connectivity index (χ3n) is 4.06. The van der Waals surface area contributed by atoms with Crippen LogP contribution in [0.4, 0.5) is 0 Å². The van der Waals surface area contributed by atoms with E-state index < -0.39 is 29.9 Å². The van der Waals surface area contributed by atoms with Gasteiger partial charge in [0.15, 0.2) is 0 Å². The van der Waals surface area contributed by atoms with Gasteiger partial charge in [-0.3, -0.25) is 9.59 Å². The summed E-state index contributed by atoms with van der Waals surface area (Å²) in [6.45, 7) is 0. The van der Waals surface area contributed by atoms with E-state index in [0.717, 1.165) is 11.1 Å². The van der Waals surface area contributed by atoms with E-state index in [4.69, 9.17) is 0 Å². The summed E-state index contributed by atoms with van der Waals surface area (Å²) in [7, 11) is 0. The quantitative estimate of drug-likeness (QED) is 0.691. The molecule has 0 amide bonds. The Labute approximate surface area is 140 Å². The lowest BCUT2D eigenvalue weighted by Crippen LogP contribution is -2.40. The van der Waals surface area contributed by atoms with Crippen LogP contribution in [0.3, 0.4) is 0 Å². The Bertz CT molecular complexity index is 609. The monoisotopic (exact) mass is 328 g/mol. The number of carboxylic acid groups (broad SMARTS) is 2. The summed E-state index contributed by atoms with van der Waals surface area (Å²) in [5.41, 5.74) is 1.49. The summed E-state index contributed by atoms with van der Waals surface area (Å²) in [6, 6.07) is 17.8. The molecule has 3 N–H and O–H groups in total. The van der Waals surface area contributed by atoms with Crippen LogP contribution in [-0.2, 0) is 22.4 Å². The highest BCUT2D eigenvalue weighted by molar-refractivity contribution is 5.75. The van der Waals surface area contributed by atoms with E-state index in [1.807, 2.05) is 12.1 Å². The molecule has 2 aromatic rings. The van der Waals surface area contributed by atoms with Gasteiger partial charge in [0.2, 0.25) is 0 Å². The van der Waals surface area contributed by atoms with Crippen molar-refractivity contribution in [3.63, 3.8) is 0 Å². The second kappa shape index (κ2) is 8.26. The molecule has 0 heterocycles. The van der Waals surface area contributed by atoms with Gasteiger partial charge in [0.25, 0.3) is 0 Å². The molecule has 0 saturated heterocycles. The summed E-state index contributed by atoms with van der Waals surface area (Å²) in [6.07, 6.45) is -1.33. The van der Waals surface area contributed by atoms with E-state index in [1.165, 1.54) is 0 Å². The van der Waals surface area contributed by atoms with Crippen molar-refractivity contribution in [2.45, 2.75) is 18.9 Å². The zero-order chi connectivity index (χ0) is 17.5. The number of aliphatic hydroxyl groups is 1. The Morgan fingerprint density at radius 2 is 1.04 bits per heavy atom. The van der Waals surface area contributed by atoms with Gasteiger partial charge in [0, 0.05) is 0 Å². The second-order valence-corrected chi connectivity index (χ2v) is 5.76. The number of carbonyl (C=O) groups is 2. The Hall–Kier alpha value is -2.66. The van der Waals surface area contributed by atoms with Gasteiger partial charge < -0.3 is 15.3 Å². The van der Waals surface area contributed by atoms with E-state index in [2.05, 4.69) is 0 Å². The van der Waals surface area contributed by atoms with Crippen LogP contribution in [0.15, 0.2) is 60.7 Å². The predicted molar refractivity (Wildman–Crippen MR) is 88.6 cm³/mol. The van der Waals surface area contributed by atoms with Gasteiger partial charge in [-0.05, 0) is 24.0 Å². The molecule has 0 bridgehead atoms. The number of hydrogen-bond acceptors (Lipinski definition) is 3. The molecule has 2 aromatic carbocycles. The van der Waals surface area contributed by atoms with Gasteiger partial charge in [-0.1, -0.05) is 60.7 Å². The number of aliphatic hydroxyl groups excluding tert-OH is 1. The van der Waals surface area contributed by atoms with Crippen LogP contribution < -0.4 is 0 Å². The maximum Gasteiger partial charge on any atom is 0.309 e. The van der Waals surface area contributed by atoms with Gasteiger partial charge in [-0.2, -0.15) is 0 Å². The lowest BCUT2D eigenvalue weighted by atomic mass is 9.83. The van der Waals surface area contributed by atoms with Crippen molar-refractivity contribution in [3.05, 3.63) is 71.8 Å². The molecule has 0 spiro atoms. The van der Waals surface area contributed by atoms with Crippen molar-refractivity contribution in [3.8, 4) is 0 Å². The lowest BCUT2D eigenvalue weighted by Gasteiger charge is -2.25. The highest BCUT2D eigenvalue weighted by Gasteiger charge is 2.37. The minimum Gasteiger partial charge on any atom is -0.481 e. The molecule has 5 nitrogen and oxygen atoms in total. The minimum atomic E-state index is -1.49. The summed E-state index contributed by atoms with van der Waals surface area (Å²) < 4.78 is 0. The van der Waals surface area contributed by atoms with Crippen LogP contribution in [-0.4, -0.2) is 33.4 Å². The summed E-state index contributed by atoms with van der Waals surface area (Å²) in [4.78, 5) is 23.1. The van der Waals surface area contributed by atoms with Gasteiger partial charge in [-0.25, -0.2) is 0 Å². The van der Waals surface area contributed by atoms with Gasteiger partial charge in [0.1, 0.15) is 0 Å². The third-order valence-corrected chi connectivity index (χ3v) is 4.06. The summed E-state index contributed by atoms with van der Waals surface area (Å²) in [5.74, 6) is -4.77. The zero-order valence-corrected chi connectivity index (χ0v) is 13.1. The van der Waals surface area contributed by atoms with Crippen molar-refractivity contribution in [1.29, 1.82) is 0 Å². The average Bonchev–Trinajstić information content (AvgIpc) is 2.58. The summed E-state index contributed by atoms with van der Waals surface area (Å²) in [5, 5.41) is 29.4. The number of carboxylic acids is 2. The molecular formula is C19H20O5.